The van der Waals surface area contributed by atoms with Crippen molar-refractivity contribution in [1.82, 2.24) is 30.0 Å². The van der Waals surface area contributed by atoms with Crippen LogP contribution in [0.2, 0.25) is 0 Å². The SMILES string of the molecule is O=C(Nc1ccc2[nH]nc(-c3ccncc3)c2c1)C1CCN(CC(=O)N2CCc3ncccc3C2)C1. The highest BCUT2D eigenvalue weighted by Gasteiger charge is 2.31. The number of fused-ring (bicyclic) bond motifs is 2. The Morgan fingerprint density at radius 1 is 1.08 bits per heavy atom. The number of aromatic nitrogens is 4. The molecule has 36 heavy (non-hydrogen) atoms. The zero-order valence-electron chi connectivity index (χ0n) is 19.9. The van der Waals surface area contributed by atoms with E-state index in [2.05, 4.69) is 30.4 Å². The molecule has 2 amide bonds. The molecule has 1 atom stereocenters. The van der Waals surface area contributed by atoms with Crippen LogP contribution in [0.25, 0.3) is 22.2 Å². The average Bonchev–Trinajstić information content (AvgIpc) is 3.56. The molecular formula is C27H27N7O2. The average molecular weight is 482 g/mol. The summed E-state index contributed by atoms with van der Waals surface area (Å²) in [5.41, 5.74) is 5.63. The Morgan fingerprint density at radius 2 is 1.97 bits per heavy atom. The standard InChI is InChI=1S/C27H27N7O2/c35-25(34-13-8-23-19(16-34)2-1-9-29-23)17-33-12-7-20(15-33)27(36)30-21-3-4-24-22(14-21)26(32-31-24)18-5-10-28-11-6-18/h1-6,9-11,14,20H,7-8,12-13,15-17H2,(H,30,36)(H,31,32). The largest absolute Gasteiger partial charge is 0.337 e. The first kappa shape index (κ1) is 22.4. The Bertz CT molecular complexity index is 1420. The molecule has 6 rings (SSSR count). The number of carbonyl (C=O) groups excluding carboxylic acids is 2. The molecule has 1 aromatic carbocycles. The number of aromatic amines is 1. The number of H-pyrrole nitrogens is 1. The number of amides is 2. The molecule has 0 aliphatic carbocycles. The molecule has 1 fully saturated rings. The Balaban J connectivity index is 1.07. The molecule has 9 heteroatoms. The van der Waals surface area contributed by atoms with Crippen molar-refractivity contribution in [2.24, 2.45) is 5.92 Å². The monoisotopic (exact) mass is 481 g/mol. The highest BCUT2D eigenvalue weighted by molar-refractivity contribution is 5.99. The first-order valence-electron chi connectivity index (χ1n) is 12.3. The predicted octanol–water partition coefficient (Wildman–Crippen LogP) is 2.87. The molecule has 2 N–H and O–H groups in total. The van der Waals surface area contributed by atoms with Crippen molar-refractivity contribution >= 4 is 28.4 Å². The van der Waals surface area contributed by atoms with Crippen LogP contribution >= 0.6 is 0 Å². The fourth-order valence-electron chi connectivity index (χ4n) is 5.13. The molecule has 2 aliphatic heterocycles. The van der Waals surface area contributed by atoms with Crippen LogP contribution in [0, 0.1) is 5.92 Å². The lowest BCUT2D eigenvalue weighted by molar-refractivity contribution is -0.133. The summed E-state index contributed by atoms with van der Waals surface area (Å²) in [4.78, 5) is 38.4. The minimum atomic E-state index is -0.149. The summed E-state index contributed by atoms with van der Waals surface area (Å²) < 4.78 is 0. The van der Waals surface area contributed by atoms with Gasteiger partial charge in [-0.2, -0.15) is 5.10 Å². The number of hydrogen-bond donors (Lipinski definition) is 2. The van der Waals surface area contributed by atoms with Gasteiger partial charge in [0.15, 0.2) is 0 Å². The molecule has 1 unspecified atom stereocenters. The zero-order valence-corrected chi connectivity index (χ0v) is 19.9. The molecule has 1 saturated heterocycles. The Kier molecular flexibility index (Phi) is 5.90. The number of nitrogens with zero attached hydrogens (tertiary/aromatic N) is 5. The minimum Gasteiger partial charge on any atom is -0.337 e. The van der Waals surface area contributed by atoms with Crippen molar-refractivity contribution in [3.63, 3.8) is 0 Å². The molecule has 4 aromatic rings. The number of benzene rings is 1. The fraction of sp³-hybridized carbons (Fsp3) is 0.296. The summed E-state index contributed by atoms with van der Waals surface area (Å²) >= 11 is 0. The first-order chi connectivity index (χ1) is 17.6. The second kappa shape index (κ2) is 9.50. The summed E-state index contributed by atoms with van der Waals surface area (Å²) in [6.07, 6.45) is 6.80. The highest BCUT2D eigenvalue weighted by Crippen LogP contribution is 2.29. The molecule has 0 saturated carbocycles. The number of nitrogens with one attached hydrogen (secondary N) is 2. The van der Waals surface area contributed by atoms with Crippen LogP contribution in [0.3, 0.4) is 0 Å². The van der Waals surface area contributed by atoms with Crippen LogP contribution in [-0.2, 0) is 22.6 Å². The van der Waals surface area contributed by atoms with Gasteiger partial charge in [-0.25, -0.2) is 0 Å². The van der Waals surface area contributed by atoms with Crippen LogP contribution in [0.1, 0.15) is 17.7 Å². The van der Waals surface area contributed by atoms with E-state index in [9.17, 15) is 9.59 Å². The van der Waals surface area contributed by atoms with Crippen LogP contribution in [0.15, 0.2) is 61.1 Å². The van der Waals surface area contributed by atoms with Crippen molar-refractivity contribution in [3.8, 4) is 11.3 Å². The summed E-state index contributed by atoms with van der Waals surface area (Å²) in [5.74, 6) is -0.0559. The predicted molar refractivity (Wildman–Crippen MR) is 136 cm³/mol. The highest BCUT2D eigenvalue weighted by atomic mass is 16.2. The summed E-state index contributed by atoms with van der Waals surface area (Å²) in [5, 5.41) is 11.5. The third kappa shape index (κ3) is 4.45. The lowest BCUT2D eigenvalue weighted by atomic mass is 10.1. The van der Waals surface area contributed by atoms with Crippen molar-refractivity contribution in [2.45, 2.75) is 19.4 Å². The third-order valence-corrected chi connectivity index (χ3v) is 7.10. The Hall–Kier alpha value is -4.11. The number of rotatable bonds is 5. The first-order valence-corrected chi connectivity index (χ1v) is 12.3. The van der Waals surface area contributed by atoms with E-state index in [1.54, 1.807) is 18.6 Å². The lowest BCUT2D eigenvalue weighted by Gasteiger charge is -2.29. The molecule has 5 heterocycles. The third-order valence-electron chi connectivity index (χ3n) is 7.10. The van der Waals surface area contributed by atoms with Crippen LogP contribution in [-0.4, -0.2) is 68.0 Å². The van der Waals surface area contributed by atoms with Gasteiger partial charge in [-0.1, -0.05) is 6.07 Å². The van der Waals surface area contributed by atoms with E-state index in [4.69, 9.17) is 0 Å². The molecule has 182 valence electrons. The number of carbonyl (C=O) groups is 2. The van der Waals surface area contributed by atoms with Gasteiger partial charge in [0.1, 0.15) is 5.69 Å². The van der Waals surface area contributed by atoms with Gasteiger partial charge < -0.3 is 10.2 Å². The van der Waals surface area contributed by atoms with E-state index >= 15 is 0 Å². The lowest BCUT2D eigenvalue weighted by Crippen LogP contribution is -2.42. The second-order valence-corrected chi connectivity index (χ2v) is 9.45. The second-order valence-electron chi connectivity index (χ2n) is 9.45. The van der Waals surface area contributed by atoms with E-state index in [0.29, 0.717) is 26.2 Å². The summed E-state index contributed by atoms with van der Waals surface area (Å²) in [7, 11) is 0. The van der Waals surface area contributed by atoms with E-state index in [1.807, 2.05) is 47.4 Å². The number of anilines is 1. The summed E-state index contributed by atoms with van der Waals surface area (Å²) in [6.45, 7) is 2.97. The molecule has 3 aromatic heterocycles. The maximum atomic E-state index is 13.0. The van der Waals surface area contributed by atoms with E-state index < -0.39 is 0 Å². The summed E-state index contributed by atoms with van der Waals surface area (Å²) in [6, 6.07) is 13.5. The van der Waals surface area contributed by atoms with Crippen molar-refractivity contribution in [3.05, 3.63) is 72.3 Å². The van der Waals surface area contributed by atoms with Crippen LogP contribution < -0.4 is 5.32 Å². The van der Waals surface area contributed by atoms with Crippen molar-refractivity contribution in [1.29, 1.82) is 0 Å². The molecule has 0 spiro atoms. The maximum Gasteiger partial charge on any atom is 0.237 e. The molecular weight excluding hydrogens is 454 g/mol. The Morgan fingerprint density at radius 3 is 2.86 bits per heavy atom. The maximum absolute atomic E-state index is 13.0. The zero-order chi connectivity index (χ0) is 24.5. The number of likely N-dealkylation sites (tertiary alicyclic amines) is 1. The number of pyridine rings is 2. The van der Waals surface area contributed by atoms with Gasteiger partial charge in [-0.05, 0) is 54.9 Å². The van der Waals surface area contributed by atoms with Gasteiger partial charge >= 0.3 is 0 Å². The topological polar surface area (TPSA) is 107 Å². The van der Waals surface area contributed by atoms with Crippen LogP contribution in [0.4, 0.5) is 5.69 Å². The Labute approximate surface area is 208 Å². The van der Waals surface area contributed by atoms with Gasteiger partial charge in [0, 0.05) is 67.0 Å². The van der Waals surface area contributed by atoms with E-state index in [0.717, 1.165) is 58.5 Å². The van der Waals surface area contributed by atoms with Crippen LogP contribution in [0.5, 0.6) is 0 Å². The molecule has 0 bridgehead atoms. The minimum absolute atomic E-state index is 0.0174. The number of hydrogen-bond acceptors (Lipinski definition) is 6. The van der Waals surface area contributed by atoms with Gasteiger partial charge in [-0.15, -0.1) is 0 Å². The molecule has 0 radical (unpaired) electrons. The molecule has 2 aliphatic rings. The quantitative estimate of drug-likeness (QED) is 0.454. The van der Waals surface area contributed by atoms with Gasteiger partial charge in [0.05, 0.1) is 18.0 Å². The van der Waals surface area contributed by atoms with Gasteiger partial charge in [0.25, 0.3) is 0 Å². The molecule has 9 nitrogen and oxygen atoms in total. The van der Waals surface area contributed by atoms with Gasteiger partial charge in [-0.3, -0.25) is 29.6 Å². The van der Waals surface area contributed by atoms with Crippen molar-refractivity contribution in [2.75, 3.05) is 31.5 Å². The normalized spacial score (nSPS) is 17.8. The van der Waals surface area contributed by atoms with E-state index in [-0.39, 0.29) is 17.7 Å². The van der Waals surface area contributed by atoms with Gasteiger partial charge in [0.2, 0.25) is 11.8 Å². The fourth-order valence-corrected chi connectivity index (χ4v) is 5.13. The van der Waals surface area contributed by atoms with E-state index in [1.165, 1.54) is 0 Å². The smallest absolute Gasteiger partial charge is 0.237 e. The van der Waals surface area contributed by atoms with Crippen molar-refractivity contribution < 1.29 is 9.59 Å².